The lowest BCUT2D eigenvalue weighted by molar-refractivity contribution is -0.385. The molecule has 16 heavy (non-hydrogen) atoms. The summed E-state index contributed by atoms with van der Waals surface area (Å²) in [7, 11) is 0. The van der Waals surface area contributed by atoms with Crippen LogP contribution in [0.15, 0.2) is 18.2 Å². The number of nitrogens with zero attached hydrogens (tertiary/aromatic N) is 1. The first-order valence-electron chi connectivity index (χ1n) is 5.18. The third kappa shape index (κ3) is 2.29. The molecule has 5 heteroatoms. The van der Waals surface area contributed by atoms with Crippen molar-refractivity contribution in [2.45, 2.75) is 25.9 Å². The Morgan fingerprint density at radius 3 is 2.75 bits per heavy atom. The maximum atomic E-state index is 13.4. The molecule has 0 aliphatic heterocycles. The summed E-state index contributed by atoms with van der Waals surface area (Å²) in [5.74, 6) is -0.0960. The number of halogens is 1. The minimum absolute atomic E-state index is 0.0315. The van der Waals surface area contributed by atoms with Crippen LogP contribution in [0.25, 0.3) is 0 Å². The Bertz CT molecular complexity index is 418. The molecule has 1 atom stereocenters. The zero-order valence-corrected chi connectivity index (χ0v) is 8.85. The van der Waals surface area contributed by atoms with E-state index < -0.39 is 10.7 Å². The van der Waals surface area contributed by atoms with Crippen molar-refractivity contribution in [1.82, 2.24) is 0 Å². The quantitative estimate of drug-likeness (QED) is 0.584. The van der Waals surface area contributed by atoms with Gasteiger partial charge >= 0.3 is 0 Å². The van der Waals surface area contributed by atoms with Crippen molar-refractivity contribution >= 4 is 5.69 Å². The molecule has 1 saturated carbocycles. The number of nitro benzene ring substituents is 1. The van der Waals surface area contributed by atoms with Crippen LogP contribution in [0, 0.1) is 21.8 Å². The summed E-state index contributed by atoms with van der Waals surface area (Å²) in [5.41, 5.74) is -0.260. The van der Waals surface area contributed by atoms with Gasteiger partial charge < -0.3 is 4.74 Å². The van der Waals surface area contributed by atoms with Crippen LogP contribution in [0.3, 0.4) is 0 Å². The Morgan fingerprint density at radius 1 is 1.56 bits per heavy atom. The molecule has 1 aromatic rings. The van der Waals surface area contributed by atoms with E-state index in [1.165, 1.54) is 12.1 Å². The highest BCUT2D eigenvalue weighted by Gasteiger charge is 2.30. The Hall–Kier alpha value is -1.65. The fourth-order valence-corrected chi connectivity index (χ4v) is 1.56. The molecule has 0 spiro atoms. The molecule has 0 aromatic heterocycles. The van der Waals surface area contributed by atoms with Crippen LogP contribution in [0.1, 0.15) is 19.8 Å². The Balaban J connectivity index is 2.12. The summed E-state index contributed by atoms with van der Waals surface area (Å²) in [6.07, 6.45) is 2.18. The molecule has 0 saturated heterocycles. The highest BCUT2D eigenvalue weighted by molar-refractivity contribution is 5.37. The molecule has 4 nitrogen and oxygen atoms in total. The average molecular weight is 225 g/mol. The number of ether oxygens (including phenoxy) is 1. The number of rotatable bonds is 4. The second-order valence-corrected chi connectivity index (χ2v) is 4.03. The van der Waals surface area contributed by atoms with Gasteiger partial charge in [0, 0.05) is 6.07 Å². The molecule has 1 aromatic carbocycles. The zero-order valence-electron chi connectivity index (χ0n) is 8.85. The summed E-state index contributed by atoms with van der Waals surface area (Å²) < 4.78 is 18.8. The molecule has 0 N–H and O–H groups in total. The summed E-state index contributed by atoms with van der Waals surface area (Å²) in [6.45, 7) is 1.89. The maximum absolute atomic E-state index is 13.4. The number of benzene rings is 1. The van der Waals surface area contributed by atoms with Crippen LogP contribution in [0.5, 0.6) is 5.75 Å². The number of hydrogen-bond donors (Lipinski definition) is 0. The van der Waals surface area contributed by atoms with Crippen molar-refractivity contribution in [2.24, 2.45) is 5.92 Å². The van der Waals surface area contributed by atoms with Crippen molar-refractivity contribution < 1.29 is 14.1 Å². The number of non-ortho nitro benzene ring substituents is 1. The van der Waals surface area contributed by atoms with Gasteiger partial charge in [0.2, 0.25) is 0 Å². The first kappa shape index (κ1) is 10.9. The molecule has 1 unspecified atom stereocenters. The Kier molecular flexibility index (Phi) is 2.77. The summed E-state index contributed by atoms with van der Waals surface area (Å²) in [5, 5.41) is 10.4. The first-order valence-corrected chi connectivity index (χ1v) is 5.18. The molecule has 86 valence electrons. The predicted molar refractivity (Wildman–Crippen MR) is 55.9 cm³/mol. The van der Waals surface area contributed by atoms with Crippen LogP contribution in [-0.2, 0) is 0 Å². The summed E-state index contributed by atoms with van der Waals surface area (Å²) >= 11 is 0. The molecule has 1 aliphatic rings. The van der Waals surface area contributed by atoms with Gasteiger partial charge in [-0.05, 0) is 31.7 Å². The SMILES string of the molecule is CC(Oc1ccc([N+](=O)[O-])cc1F)C1CC1. The van der Waals surface area contributed by atoms with E-state index in [1.54, 1.807) is 0 Å². The van der Waals surface area contributed by atoms with Crippen LogP contribution in [0.2, 0.25) is 0 Å². The van der Waals surface area contributed by atoms with E-state index in [1.807, 2.05) is 6.92 Å². The topological polar surface area (TPSA) is 52.4 Å². The summed E-state index contributed by atoms with van der Waals surface area (Å²) in [4.78, 5) is 9.78. The monoisotopic (exact) mass is 225 g/mol. The highest BCUT2D eigenvalue weighted by atomic mass is 19.1. The fourth-order valence-electron chi connectivity index (χ4n) is 1.56. The van der Waals surface area contributed by atoms with E-state index >= 15 is 0 Å². The van der Waals surface area contributed by atoms with Crippen molar-refractivity contribution in [2.75, 3.05) is 0 Å². The number of nitro groups is 1. The van der Waals surface area contributed by atoms with Gasteiger partial charge in [-0.25, -0.2) is 4.39 Å². The van der Waals surface area contributed by atoms with Crippen LogP contribution >= 0.6 is 0 Å². The third-order valence-corrected chi connectivity index (χ3v) is 2.73. The van der Waals surface area contributed by atoms with Gasteiger partial charge in [0.1, 0.15) is 0 Å². The van der Waals surface area contributed by atoms with E-state index in [9.17, 15) is 14.5 Å². The third-order valence-electron chi connectivity index (χ3n) is 2.73. The molecule has 1 aliphatic carbocycles. The van der Waals surface area contributed by atoms with Gasteiger partial charge in [0.15, 0.2) is 11.6 Å². The van der Waals surface area contributed by atoms with E-state index in [2.05, 4.69) is 0 Å². The minimum atomic E-state index is -0.679. The molecule has 0 heterocycles. The van der Waals surface area contributed by atoms with Crippen molar-refractivity contribution in [3.05, 3.63) is 34.1 Å². The average Bonchev–Trinajstić information content (AvgIpc) is 3.03. The Labute approximate surface area is 92.2 Å². The zero-order chi connectivity index (χ0) is 11.7. The van der Waals surface area contributed by atoms with E-state index in [4.69, 9.17) is 4.74 Å². The van der Waals surface area contributed by atoms with Crippen molar-refractivity contribution in [1.29, 1.82) is 0 Å². The van der Waals surface area contributed by atoms with Crippen molar-refractivity contribution in [3.8, 4) is 5.75 Å². The molecular weight excluding hydrogens is 213 g/mol. The molecular formula is C11H12FNO3. The van der Waals surface area contributed by atoms with Gasteiger partial charge in [-0.2, -0.15) is 0 Å². The standard InChI is InChI=1S/C11H12FNO3/c1-7(8-2-3-8)16-11-5-4-9(13(14)15)6-10(11)12/h4-8H,2-3H2,1H3. The second-order valence-electron chi connectivity index (χ2n) is 4.03. The van der Waals surface area contributed by atoms with E-state index in [0.29, 0.717) is 5.92 Å². The van der Waals surface area contributed by atoms with E-state index in [-0.39, 0.29) is 17.5 Å². The fraction of sp³-hybridized carbons (Fsp3) is 0.455. The van der Waals surface area contributed by atoms with Gasteiger partial charge in [-0.15, -0.1) is 0 Å². The molecule has 0 radical (unpaired) electrons. The summed E-state index contributed by atoms with van der Waals surface area (Å²) in [6, 6.07) is 3.44. The molecule has 1 fully saturated rings. The van der Waals surface area contributed by atoms with Gasteiger partial charge in [0.25, 0.3) is 5.69 Å². The minimum Gasteiger partial charge on any atom is -0.487 e. The number of hydrogen-bond acceptors (Lipinski definition) is 3. The molecule has 0 amide bonds. The predicted octanol–water partition coefficient (Wildman–Crippen LogP) is 2.91. The van der Waals surface area contributed by atoms with Crippen LogP contribution in [-0.4, -0.2) is 11.0 Å². The molecule has 0 bridgehead atoms. The lowest BCUT2D eigenvalue weighted by atomic mass is 10.2. The second kappa shape index (κ2) is 4.08. The van der Waals surface area contributed by atoms with Gasteiger partial charge in [-0.3, -0.25) is 10.1 Å². The molecule has 2 rings (SSSR count). The smallest absolute Gasteiger partial charge is 0.272 e. The first-order chi connectivity index (χ1) is 7.58. The normalized spacial score (nSPS) is 16.9. The largest absolute Gasteiger partial charge is 0.487 e. The van der Waals surface area contributed by atoms with Crippen LogP contribution in [0.4, 0.5) is 10.1 Å². The maximum Gasteiger partial charge on any atom is 0.272 e. The lowest BCUT2D eigenvalue weighted by Gasteiger charge is -2.13. The Morgan fingerprint density at radius 2 is 2.25 bits per heavy atom. The van der Waals surface area contributed by atoms with Gasteiger partial charge in [-0.1, -0.05) is 0 Å². The van der Waals surface area contributed by atoms with Crippen LogP contribution < -0.4 is 4.74 Å². The highest BCUT2D eigenvalue weighted by Crippen LogP contribution is 2.35. The van der Waals surface area contributed by atoms with Gasteiger partial charge in [0.05, 0.1) is 17.1 Å². The lowest BCUT2D eigenvalue weighted by Crippen LogP contribution is -2.14. The van der Waals surface area contributed by atoms with Crippen molar-refractivity contribution in [3.63, 3.8) is 0 Å². The van der Waals surface area contributed by atoms with E-state index in [0.717, 1.165) is 18.9 Å².